The molecule has 13 heavy (non-hydrogen) atoms. The van der Waals surface area contributed by atoms with Gasteiger partial charge in [0.15, 0.2) is 0 Å². The van der Waals surface area contributed by atoms with Gasteiger partial charge in [-0.15, -0.1) is 11.8 Å². The van der Waals surface area contributed by atoms with Crippen LogP contribution in [0.4, 0.5) is 5.69 Å². The zero-order valence-corrected chi connectivity index (χ0v) is 7.73. The van der Waals surface area contributed by atoms with E-state index in [2.05, 4.69) is 0 Å². The van der Waals surface area contributed by atoms with Gasteiger partial charge in [0.1, 0.15) is 0 Å². The number of carboxylic acid groups (broad SMARTS) is 1. The largest absolute Gasteiger partial charge is 0.478 e. The quantitative estimate of drug-likeness (QED) is 0.668. The molecule has 0 saturated carbocycles. The van der Waals surface area contributed by atoms with E-state index in [0.717, 1.165) is 22.6 Å². The molecule has 0 atom stereocenters. The van der Waals surface area contributed by atoms with Gasteiger partial charge in [-0.1, -0.05) is 0 Å². The van der Waals surface area contributed by atoms with Gasteiger partial charge < -0.3 is 10.8 Å². The van der Waals surface area contributed by atoms with Crippen molar-refractivity contribution in [2.75, 3.05) is 11.5 Å². The number of nitrogen functional groups attached to an aromatic ring is 1. The number of fused-ring (bicyclic) bond motifs is 1. The van der Waals surface area contributed by atoms with Crippen molar-refractivity contribution in [3.05, 3.63) is 23.3 Å². The highest BCUT2D eigenvalue weighted by Crippen LogP contribution is 2.36. The zero-order chi connectivity index (χ0) is 9.42. The van der Waals surface area contributed by atoms with E-state index in [0.29, 0.717) is 11.3 Å². The van der Waals surface area contributed by atoms with E-state index < -0.39 is 5.97 Å². The summed E-state index contributed by atoms with van der Waals surface area (Å²) in [6, 6.07) is 3.24. The van der Waals surface area contributed by atoms with Crippen LogP contribution in [-0.4, -0.2) is 16.8 Å². The summed E-state index contributed by atoms with van der Waals surface area (Å²) in [5.74, 6) is 0.0918. The SMILES string of the molecule is Nc1cc(C(=O)O)cc2c1SCC2. The second kappa shape index (κ2) is 2.96. The Hall–Kier alpha value is -1.16. The minimum atomic E-state index is -0.911. The monoisotopic (exact) mass is 195 g/mol. The number of hydrogen-bond donors (Lipinski definition) is 2. The summed E-state index contributed by atoms with van der Waals surface area (Å²) in [7, 11) is 0. The van der Waals surface area contributed by atoms with Crippen molar-refractivity contribution in [1.29, 1.82) is 0 Å². The molecule has 0 saturated heterocycles. The molecule has 1 heterocycles. The Morgan fingerprint density at radius 1 is 1.54 bits per heavy atom. The first-order chi connectivity index (χ1) is 6.18. The molecule has 1 aromatic rings. The van der Waals surface area contributed by atoms with Gasteiger partial charge in [0.05, 0.1) is 5.56 Å². The molecule has 4 heteroatoms. The predicted molar refractivity (Wildman–Crippen MR) is 52.2 cm³/mol. The molecule has 0 fully saturated rings. The summed E-state index contributed by atoms with van der Waals surface area (Å²) in [5.41, 5.74) is 7.68. The van der Waals surface area contributed by atoms with Crippen LogP contribution in [0.3, 0.4) is 0 Å². The Balaban J connectivity index is 2.55. The van der Waals surface area contributed by atoms with Crippen LogP contribution in [0.5, 0.6) is 0 Å². The lowest BCUT2D eigenvalue weighted by atomic mass is 10.1. The maximum absolute atomic E-state index is 10.7. The van der Waals surface area contributed by atoms with Crippen LogP contribution in [0.1, 0.15) is 15.9 Å². The molecule has 0 bridgehead atoms. The maximum atomic E-state index is 10.7. The van der Waals surface area contributed by atoms with Crippen LogP contribution >= 0.6 is 11.8 Å². The third-order valence-electron chi connectivity index (χ3n) is 2.06. The number of anilines is 1. The van der Waals surface area contributed by atoms with Gasteiger partial charge in [-0.3, -0.25) is 0 Å². The molecule has 0 aromatic heterocycles. The van der Waals surface area contributed by atoms with Gasteiger partial charge >= 0.3 is 5.97 Å². The van der Waals surface area contributed by atoms with Gasteiger partial charge in [-0.25, -0.2) is 4.79 Å². The first-order valence-corrected chi connectivity index (χ1v) is 4.95. The van der Waals surface area contributed by atoms with Crippen LogP contribution < -0.4 is 5.73 Å². The Labute approximate surface area is 79.9 Å². The molecule has 68 valence electrons. The van der Waals surface area contributed by atoms with E-state index in [1.54, 1.807) is 17.8 Å². The number of carboxylic acids is 1. The molecule has 3 N–H and O–H groups in total. The molecule has 1 aliphatic heterocycles. The van der Waals surface area contributed by atoms with Gasteiger partial charge in [0.25, 0.3) is 0 Å². The van der Waals surface area contributed by atoms with E-state index >= 15 is 0 Å². The van der Waals surface area contributed by atoms with Crippen LogP contribution in [0.25, 0.3) is 0 Å². The lowest BCUT2D eigenvalue weighted by Crippen LogP contribution is -2.00. The maximum Gasteiger partial charge on any atom is 0.335 e. The molecular formula is C9H9NO2S. The molecule has 0 spiro atoms. The molecular weight excluding hydrogens is 186 g/mol. The Morgan fingerprint density at radius 2 is 2.31 bits per heavy atom. The number of thioether (sulfide) groups is 1. The Bertz CT molecular complexity index is 376. The molecule has 2 rings (SSSR count). The second-order valence-corrected chi connectivity index (χ2v) is 4.06. The van der Waals surface area contributed by atoms with E-state index in [1.165, 1.54) is 6.07 Å². The van der Waals surface area contributed by atoms with Gasteiger partial charge in [-0.2, -0.15) is 0 Å². The number of aromatic carboxylic acids is 1. The highest BCUT2D eigenvalue weighted by atomic mass is 32.2. The summed E-state index contributed by atoms with van der Waals surface area (Å²) in [6.45, 7) is 0. The molecule has 1 aliphatic rings. The summed E-state index contributed by atoms with van der Waals surface area (Å²) >= 11 is 1.70. The summed E-state index contributed by atoms with van der Waals surface area (Å²) in [6.07, 6.45) is 0.922. The van der Waals surface area contributed by atoms with Crippen LogP contribution in [0.15, 0.2) is 17.0 Å². The summed E-state index contributed by atoms with van der Waals surface area (Å²) in [5, 5.41) is 8.78. The van der Waals surface area contributed by atoms with E-state index in [4.69, 9.17) is 10.8 Å². The van der Waals surface area contributed by atoms with Crippen molar-refractivity contribution in [3.8, 4) is 0 Å². The topological polar surface area (TPSA) is 63.3 Å². The normalized spacial score (nSPS) is 14.2. The smallest absolute Gasteiger partial charge is 0.335 e. The number of benzene rings is 1. The van der Waals surface area contributed by atoms with Gasteiger partial charge in [-0.05, 0) is 24.1 Å². The third kappa shape index (κ3) is 1.37. The van der Waals surface area contributed by atoms with Crippen molar-refractivity contribution in [3.63, 3.8) is 0 Å². The van der Waals surface area contributed by atoms with Gasteiger partial charge in [0, 0.05) is 16.3 Å². The van der Waals surface area contributed by atoms with Crippen LogP contribution in [-0.2, 0) is 6.42 Å². The van der Waals surface area contributed by atoms with Crippen LogP contribution in [0.2, 0.25) is 0 Å². The number of nitrogens with two attached hydrogens (primary N) is 1. The fraction of sp³-hybridized carbons (Fsp3) is 0.222. The number of aryl methyl sites for hydroxylation is 1. The molecule has 0 radical (unpaired) electrons. The highest BCUT2D eigenvalue weighted by Gasteiger charge is 2.17. The summed E-state index contributed by atoms with van der Waals surface area (Å²) < 4.78 is 0. The summed E-state index contributed by atoms with van der Waals surface area (Å²) in [4.78, 5) is 11.8. The molecule has 0 unspecified atom stereocenters. The van der Waals surface area contributed by atoms with E-state index in [9.17, 15) is 4.79 Å². The van der Waals surface area contributed by atoms with E-state index in [-0.39, 0.29) is 0 Å². The van der Waals surface area contributed by atoms with Crippen molar-refractivity contribution >= 4 is 23.4 Å². The zero-order valence-electron chi connectivity index (χ0n) is 6.91. The minimum Gasteiger partial charge on any atom is -0.478 e. The molecule has 1 aromatic carbocycles. The average Bonchev–Trinajstić information content (AvgIpc) is 2.51. The van der Waals surface area contributed by atoms with Gasteiger partial charge in [0.2, 0.25) is 0 Å². The van der Waals surface area contributed by atoms with Crippen molar-refractivity contribution < 1.29 is 9.90 Å². The molecule has 0 aliphatic carbocycles. The first kappa shape index (κ1) is 8.44. The molecule has 0 amide bonds. The highest BCUT2D eigenvalue weighted by molar-refractivity contribution is 7.99. The second-order valence-electron chi connectivity index (χ2n) is 2.96. The molecule has 3 nitrogen and oxygen atoms in total. The van der Waals surface area contributed by atoms with Crippen LogP contribution in [0, 0.1) is 0 Å². The number of carbonyl (C=O) groups is 1. The third-order valence-corrected chi connectivity index (χ3v) is 3.25. The minimum absolute atomic E-state index is 0.291. The Kier molecular flexibility index (Phi) is 1.92. The fourth-order valence-electron chi connectivity index (χ4n) is 1.46. The standard InChI is InChI=1S/C9H9NO2S/c10-7-4-6(9(11)12)3-5-1-2-13-8(5)7/h3-4H,1-2,10H2,(H,11,12). The average molecular weight is 195 g/mol. The lowest BCUT2D eigenvalue weighted by molar-refractivity contribution is 0.0696. The number of hydrogen-bond acceptors (Lipinski definition) is 3. The number of rotatable bonds is 1. The van der Waals surface area contributed by atoms with Crippen molar-refractivity contribution in [1.82, 2.24) is 0 Å². The van der Waals surface area contributed by atoms with Crippen molar-refractivity contribution in [2.24, 2.45) is 0 Å². The van der Waals surface area contributed by atoms with Crippen molar-refractivity contribution in [2.45, 2.75) is 11.3 Å². The fourth-order valence-corrected chi connectivity index (χ4v) is 2.56. The Morgan fingerprint density at radius 3 is 3.00 bits per heavy atom. The lowest BCUT2D eigenvalue weighted by Gasteiger charge is -2.04. The first-order valence-electron chi connectivity index (χ1n) is 3.97. The van der Waals surface area contributed by atoms with E-state index in [1.807, 2.05) is 0 Å². The predicted octanol–water partition coefficient (Wildman–Crippen LogP) is 1.62.